The second-order valence-electron chi connectivity index (χ2n) is 25.9. The van der Waals surface area contributed by atoms with Crippen LogP contribution in [0.1, 0.15) is 97.5 Å². The van der Waals surface area contributed by atoms with Gasteiger partial charge in [0.2, 0.25) is 6.29 Å². The average molecular weight is 1360 g/mol. The molecule has 11 rings (SSSR count). The van der Waals surface area contributed by atoms with Gasteiger partial charge in [-0.05, 0) is 61.0 Å². The highest BCUT2D eigenvalue weighted by atomic mass is 35.5. The molecule has 0 bridgehead atoms. The number of phenolic OH excluding ortho intramolecular Hbond substituents is 2. The van der Waals surface area contributed by atoms with Crippen molar-refractivity contribution in [3.05, 3.63) is 22.2 Å². The van der Waals surface area contributed by atoms with Gasteiger partial charge in [0.25, 0.3) is 5.97 Å². The minimum absolute atomic E-state index is 0.00279. The molecule has 7 unspecified atom stereocenters. The third-order valence-corrected chi connectivity index (χ3v) is 19.6. The molecule has 33 heteroatoms. The number of esters is 2. The van der Waals surface area contributed by atoms with Crippen LogP contribution < -0.4 is 0 Å². The zero-order valence-corrected chi connectivity index (χ0v) is 54.5. The Morgan fingerprint density at radius 2 is 1.35 bits per heavy atom. The maximum absolute atomic E-state index is 13.4. The number of halogens is 1. The van der Waals surface area contributed by atoms with E-state index in [1.807, 2.05) is 0 Å². The summed E-state index contributed by atoms with van der Waals surface area (Å²) >= 11 is 6.11. The highest BCUT2D eigenvalue weighted by Crippen LogP contribution is 2.53. The average Bonchev–Trinajstić information content (AvgIpc) is 1.59. The largest absolute Gasteiger partial charge is 0.507 e. The molecule has 31 atom stereocenters. The first-order chi connectivity index (χ1) is 43.9. The number of hydrogen-bond donors (Lipinski definition) is 7. The summed E-state index contributed by atoms with van der Waals surface area (Å²) < 4.78 is 136. The lowest BCUT2D eigenvalue weighted by atomic mass is 9.81. The van der Waals surface area contributed by atoms with Crippen LogP contribution in [-0.4, -0.2) is 284 Å². The quantitative estimate of drug-likeness (QED) is 0.102. The van der Waals surface area contributed by atoms with Gasteiger partial charge in [0.1, 0.15) is 103 Å². The van der Waals surface area contributed by atoms with Gasteiger partial charge in [-0.15, -0.1) is 0 Å². The summed E-state index contributed by atoms with van der Waals surface area (Å²) in [5.41, 5.74) is -3.55. The van der Waals surface area contributed by atoms with Gasteiger partial charge in [-0.25, -0.2) is 4.79 Å². The molecule has 32 nitrogen and oxygen atoms in total. The molecule has 10 aliphatic rings. The van der Waals surface area contributed by atoms with Crippen LogP contribution in [-0.2, 0) is 114 Å². The van der Waals surface area contributed by atoms with Crippen LogP contribution in [0.3, 0.4) is 0 Å². The molecule has 93 heavy (non-hydrogen) atoms. The standard InChI is InChI=1S/C60H87ClO32/c1-21(2)52(69)85-48-45-34(90-60(91-45)51-50(76-20-77-51)59(71,27(8)62)28(9)89-60)19-75-55(48)87-56-47(74-13)39(67)44(33(81-56)18-72-11)86-54-40(68)46(43(73-12)24(5)80-54)83-36-17-57(10)49(26(7)79-36)92-58(93-57)16-32(66)42(25(6)88-58)82-35-15-31(65)41(23(4)78-35)84-53(70)37-22(3)38(61)30(64)14-29(37)63/h14,21,23-26,28,31-36,39-51,54-56,63-68,71H,15-20H2,1-13H3/t23-,24-,25-,26-,28-,31-,32-,33-,34+,35?,36?,39+,40?,41-,42-,43+,44-,45-,46?,47+,48-,49-,50-,51-,54+,55?,56+,57-,58?,59+,60?/m1/s1. The molecule has 1 aromatic carbocycles. The van der Waals surface area contributed by atoms with Crippen LogP contribution in [0.25, 0.3) is 0 Å². The van der Waals surface area contributed by atoms with Crippen LogP contribution in [0.4, 0.5) is 0 Å². The van der Waals surface area contributed by atoms with Gasteiger partial charge >= 0.3 is 17.9 Å². The number of benzene rings is 1. The van der Waals surface area contributed by atoms with Gasteiger partial charge in [-0.3, -0.25) is 9.59 Å². The number of aromatic hydroxyl groups is 2. The van der Waals surface area contributed by atoms with Crippen molar-refractivity contribution in [1.82, 2.24) is 0 Å². The van der Waals surface area contributed by atoms with E-state index in [9.17, 15) is 50.1 Å². The summed E-state index contributed by atoms with van der Waals surface area (Å²) in [6.45, 7) is 14.9. The van der Waals surface area contributed by atoms with Gasteiger partial charge in [-0.2, -0.15) is 0 Å². The molecule has 0 amide bonds. The van der Waals surface area contributed by atoms with E-state index >= 15 is 0 Å². The van der Waals surface area contributed by atoms with Crippen LogP contribution in [0.2, 0.25) is 5.02 Å². The molecule has 526 valence electrons. The first-order valence-electron chi connectivity index (χ1n) is 31.2. The smallest absolute Gasteiger partial charge is 0.342 e. The normalized spacial score (nSPS) is 48.1. The lowest BCUT2D eigenvalue weighted by molar-refractivity contribution is -0.428. The Bertz CT molecular complexity index is 2810. The highest BCUT2D eigenvalue weighted by molar-refractivity contribution is 6.33. The van der Waals surface area contributed by atoms with Crippen LogP contribution in [0, 0.1) is 12.8 Å². The molecule has 7 N–H and O–H groups in total. The highest BCUT2D eigenvalue weighted by Gasteiger charge is 2.73. The Kier molecular flexibility index (Phi) is 21.0. The fourth-order valence-electron chi connectivity index (χ4n) is 14.4. The molecule has 10 saturated heterocycles. The Labute approximate surface area is 540 Å². The van der Waals surface area contributed by atoms with Crippen molar-refractivity contribution in [2.24, 2.45) is 5.92 Å². The number of phenols is 2. The van der Waals surface area contributed by atoms with Gasteiger partial charge in [0, 0.05) is 40.2 Å². The number of ether oxygens (including phenoxy) is 22. The second-order valence-corrected chi connectivity index (χ2v) is 26.3. The first kappa shape index (κ1) is 71.0. The van der Waals surface area contributed by atoms with E-state index in [2.05, 4.69) is 0 Å². The molecular weight excluding hydrogens is 1270 g/mol. The number of carbonyl (C=O) groups is 3. The van der Waals surface area contributed by atoms with Crippen molar-refractivity contribution in [2.45, 2.75) is 277 Å². The molecule has 1 aromatic rings. The van der Waals surface area contributed by atoms with E-state index in [0.29, 0.717) is 0 Å². The van der Waals surface area contributed by atoms with E-state index in [1.165, 1.54) is 42.1 Å². The third-order valence-electron chi connectivity index (χ3n) is 19.1. The Morgan fingerprint density at radius 1 is 0.667 bits per heavy atom. The maximum atomic E-state index is 13.4. The first-order valence-corrected chi connectivity index (χ1v) is 31.6. The summed E-state index contributed by atoms with van der Waals surface area (Å²) in [5.74, 6) is -7.83. The van der Waals surface area contributed by atoms with Crippen molar-refractivity contribution in [2.75, 3.05) is 41.3 Å². The summed E-state index contributed by atoms with van der Waals surface area (Å²) in [6, 6.07) is 0.910. The summed E-state index contributed by atoms with van der Waals surface area (Å²) in [5, 5.41) is 79.2. The Hall–Kier alpha value is -3.28. The number of aliphatic hydroxyl groups excluding tert-OH is 4. The van der Waals surface area contributed by atoms with E-state index in [1.54, 1.807) is 48.5 Å². The van der Waals surface area contributed by atoms with Crippen molar-refractivity contribution in [3.8, 4) is 11.5 Å². The van der Waals surface area contributed by atoms with Crippen LogP contribution in [0.15, 0.2) is 6.07 Å². The molecule has 0 aromatic heterocycles. The number of hydrogen-bond acceptors (Lipinski definition) is 32. The monoisotopic (exact) mass is 1350 g/mol. The number of Topliss-reactive ketones (excluding diaryl/α,β-unsaturated/α-hetero) is 1. The Balaban J connectivity index is 0.724. The van der Waals surface area contributed by atoms with Crippen molar-refractivity contribution >= 4 is 29.3 Å². The fraction of sp³-hybridized carbons (Fsp3) is 0.850. The molecule has 10 fully saturated rings. The molecular formula is C60H87ClO32. The number of methoxy groups -OCH3 is 3. The topological polar surface area (TPSA) is 396 Å². The van der Waals surface area contributed by atoms with E-state index in [4.69, 9.17) is 116 Å². The van der Waals surface area contributed by atoms with Gasteiger partial charge in [-0.1, -0.05) is 25.4 Å². The molecule has 0 radical (unpaired) electrons. The van der Waals surface area contributed by atoms with Crippen LogP contribution >= 0.6 is 11.6 Å². The molecule has 10 heterocycles. The Morgan fingerprint density at radius 3 is 2.02 bits per heavy atom. The number of carbonyl (C=O) groups excluding carboxylic acids is 3. The van der Waals surface area contributed by atoms with E-state index in [-0.39, 0.29) is 55.4 Å². The summed E-state index contributed by atoms with van der Waals surface area (Å²) in [4.78, 5) is 39.5. The molecule has 10 aliphatic heterocycles. The summed E-state index contributed by atoms with van der Waals surface area (Å²) in [6.07, 6.45) is -32.8. The van der Waals surface area contributed by atoms with E-state index in [0.717, 1.165) is 6.07 Å². The predicted octanol–water partition coefficient (Wildman–Crippen LogP) is 0.0956. The number of fused-ring (bicyclic) bond motifs is 4. The lowest BCUT2D eigenvalue weighted by Gasteiger charge is -2.49. The molecule has 0 aliphatic carbocycles. The lowest BCUT2D eigenvalue weighted by Crippen LogP contribution is -2.72. The minimum Gasteiger partial charge on any atom is -0.507 e. The SMILES string of the molecule is COC[C@H]1O[C@@H](OC2OC[C@@H]3OC4(O[C@H]3[C@H]2OC(=O)C(C)C)O[C@H](C)[C@@](O)(C(C)=O)[C@@H]2OCO[C@H]24)[C@@H](OC)[C@@H](O)[C@@H]1O[C@@H]1O[C@H](C)[C@H](OC)C(OC2C[C@@]3(C)OC4(C[C@@H](O)[C@H](OC5C[C@@H](O)[C@H](OC(=O)c6c(O)cc(O)c(Cl)c6C)[C@@H](C)O5)[C@@H](C)O4)O[C@@H]3[C@@H](C)O2)C1O. The predicted molar refractivity (Wildman–Crippen MR) is 303 cm³/mol. The van der Waals surface area contributed by atoms with Crippen molar-refractivity contribution in [3.63, 3.8) is 0 Å². The second kappa shape index (κ2) is 27.4. The number of rotatable bonds is 17. The maximum Gasteiger partial charge on any atom is 0.342 e. The fourth-order valence-corrected chi connectivity index (χ4v) is 14.5. The van der Waals surface area contributed by atoms with Gasteiger partial charge < -0.3 is 140 Å². The van der Waals surface area contributed by atoms with Crippen molar-refractivity contribution in [1.29, 1.82) is 0 Å². The van der Waals surface area contributed by atoms with Gasteiger partial charge in [0.05, 0.1) is 73.3 Å². The molecule has 0 saturated carbocycles. The number of aliphatic hydroxyl groups is 5. The minimum atomic E-state index is -2.13. The van der Waals surface area contributed by atoms with E-state index < -0.39 is 224 Å². The zero-order chi connectivity index (χ0) is 67.3. The van der Waals surface area contributed by atoms with Crippen molar-refractivity contribution < 1.29 is 154 Å². The summed E-state index contributed by atoms with van der Waals surface area (Å²) in [7, 11) is 4.10. The molecule has 2 spiro atoms. The zero-order valence-electron chi connectivity index (χ0n) is 53.7. The van der Waals surface area contributed by atoms with Gasteiger partial charge in [0.15, 0.2) is 54.9 Å². The number of ketones is 1. The third kappa shape index (κ3) is 13.1. The van der Waals surface area contributed by atoms with Crippen LogP contribution in [0.5, 0.6) is 11.5 Å².